The molecule has 0 N–H and O–H groups in total. The average Bonchev–Trinajstić information content (AvgIpc) is 3.23. The predicted molar refractivity (Wildman–Crippen MR) is 142 cm³/mol. The van der Waals surface area contributed by atoms with Gasteiger partial charge in [-0.25, -0.2) is 0 Å². The van der Waals surface area contributed by atoms with E-state index in [9.17, 15) is 9.59 Å². The van der Waals surface area contributed by atoms with Gasteiger partial charge in [-0.1, -0.05) is 82.4 Å². The number of para-hydroxylation sites is 1. The summed E-state index contributed by atoms with van der Waals surface area (Å²) in [6.45, 7) is 4.40. The van der Waals surface area contributed by atoms with Gasteiger partial charge in [-0.05, 0) is 54.8 Å². The summed E-state index contributed by atoms with van der Waals surface area (Å²) in [6, 6.07) is 21.3. The third kappa shape index (κ3) is 3.74. The lowest BCUT2D eigenvalue weighted by molar-refractivity contribution is -0.115. The van der Waals surface area contributed by atoms with Crippen molar-refractivity contribution in [2.75, 3.05) is 9.80 Å². The standard InChI is InChI=1S/C26H19BrN2O2S2/c1-15-7-5-12-20(16(15)2)29-25(31)23(33-26(29)32)22-19-10-3-4-11-21(19)28(24(22)30)14-17-8-6-9-18(27)13-17/h3-13H,14H2,1-2H3/b23-22-. The van der Waals surface area contributed by atoms with Crippen LogP contribution in [0.1, 0.15) is 22.3 Å². The second kappa shape index (κ2) is 8.56. The quantitative estimate of drug-likeness (QED) is 0.288. The average molecular weight is 535 g/mol. The van der Waals surface area contributed by atoms with Crippen molar-refractivity contribution in [1.29, 1.82) is 0 Å². The molecule has 7 heteroatoms. The topological polar surface area (TPSA) is 40.6 Å². The largest absolute Gasteiger partial charge is 0.303 e. The maximum atomic E-state index is 13.7. The van der Waals surface area contributed by atoms with Gasteiger partial charge in [0.1, 0.15) is 0 Å². The molecule has 0 unspecified atom stereocenters. The lowest BCUT2D eigenvalue weighted by Crippen LogP contribution is -2.29. The van der Waals surface area contributed by atoms with E-state index in [0.29, 0.717) is 21.3 Å². The van der Waals surface area contributed by atoms with Gasteiger partial charge in [0.15, 0.2) is 4.32 Å². The Bertz CT molecular complexity index is 1380. The number of carbonyl (C=O) groups is 2. The van der Waals surface area contributed by atoms with Crippen molar-refractivity contribution in [3.8, 4) is 0 Å². The first-order valence-corrected chi connectivity index (χ1v) is 12.4. The number of anilines is 2. The fourth-order valence-electron chi connectivity index (χ4n) is 4.18. The SMILES string of the molecule is Cc1cccc(N2C(=O)/C(=C3/C(=O)N(Cc4cccc(Br)c4)c4ccccc43)SC2=S)c1C. The second-order valence-corrected chi connectivity index (χ2v) is 10.5. The molecule has 164 valence electrons. The lowest BCUT2D eigenvalue weighted by atomic mass is 10.1. The molecule has 2 aliphatic rings. The predicted octanol–water partition coefficient (Wildman–Crippen LogP) is 6.39. The van der Waals surface area contributed by atoms with Crippen LogP contribution in [0.5, 0.6) is 0 Å². The van der Waals surface area contributed by atoms with Crippen LogP contribution in [0.3, 0.4) is 0 Å². The van der Waals surface area contributed by atoms with E-state index >= 15 is 0 Å². The van der Waals surface area contributed by atoms with Crippen LogP contribution in [0, 0.1) is 13.8 Å². The molecule has 3 aromatic carbocycles. The first-order valence-electron chi connectivity index (χ1n) is 10.4. The molecule has 0 aromatic heterocycles. The van der Waals surface area contributed by atoms with E-state index < -0.39 is 0 Å². The highest BCUT2D eigenvalue weighted by molar-refractivity contribution is 9.10. The fraction of sp³-hybridized carbons (Fsp3) is 0.115. The lowest BCUT2D eigenvalue weighted by Gasteiger charge is -2.18. The first kappa shape index (κ1) is 22.1. The highest BCUT2D eigenvalue weighted by Gasteiger charge is 2.42. The maximum Gasteiger partial charge on any atom is 0.271 e. The number of aryl methyl sites for hydroxylation is 1. The van der Waals surface area contributed by atoms with Crippen molar-refractivity contribution in [3.05, 3.63) is 98.4 Å². The van der Waals surface area contributed by atoms with Crippen LogP contribution in [0.15, 0.2) is 76.1 Å². The Morgan fingerprint density at radius 3 is 2.42 bits per heavy atom. The number of benzene rings is 3. The summed E-state index contributed by atoms with van der Waals surface area (Å²) in [4.78, 5) is 31.0. The van der Waals surface area contributed by atoms with Crippen LogP contribution >= 0.6 is 39.9 Å². The number of hydrogen-bond donors (Lipinski definition) is 0. The van der Waals surface area contributed by atoms with E-state index in [2.05, 4.69) is 15.9 Å². The van der Waals surface area contributed by atoms with Crippen molar-refractivity contribution >= 4 is 73.0 Å². The smallest absolute Gasteiger partial charge is 0.271 e. The van der Waals surface area contributed by atoms with Crippen LogP contribution in [0.4, 0.5) is 11.4 Å². The van der Waals surface area contributed by atoms with Gasteiger partial charge in [0.25, 0.3) is 11.8 Å². The van der Waals surface area contributed by atoms with Crippen molar-refractivity contribution in [2.24, 2.45) is 0 Å². The van der Waals surface area contributed by atoms with Crippen molar-refractivity contribution in [3.63, 3.8) is 0 Å². The van der Waals surface area contributed by atoms with Gasteiger partial charge in [0, 0.05) is 10.0 Å². The molecule has 0 aliphatic carbocycles. The zero-order valence-electron chi connectivity index (χ0n) is 18.0. The van der Waals surface area contributed by atoms with Gasteiger partial charge in [0.05, 0.1) is 28.4 Å². The van der Waals surface area contributed by atoms with Crippen molar-refractivity contribution in [2.45, 2.75) is 20.4 Å². The number of hydrogen-bond acceptors (Lipinski definition) is 4. The zero-order chi connectivity index (χ0) is 23.3. The molecule has 2 heterocycles. The van der Waals surface area contributed by atoms with Gasteiger partial charge in [-0.15, -0.1) is 0 Å². The number of rotatable bonds is 3. The molecular formula is C26H19BrN2O2S2. The molecule has 0 atom stereocenters. The minimum absolute atomic E-state index is 0.183. The minimum atomic E-state index is -0.249. The Kier molecular flexibility index (Phi) is 5.72. The molecule has 5 rings (SSSR count). The molecule has 0 saturated carbocycles. The van der Waals surface area contributed by atoms with E-state index in [0.717, 1.165) is 38.1 Å². The Hall–Kier alpha value is -2.74. The number of fused-ring (bicyclic) bond motifs is 1. The van der Waals surface area contributed by atoms with Gasteiger partial charge in [-0.3, -0.25) is 14.5 Å². The van der Waals surface area contributed by atoms with E-state index in [-0.39, 0.29) is 11.8 Å². The van der Waals surface area contributed by atoms with E-state index in [1.165, 1.54) is 11.8 Å². The Balaban J connectivity index is 1.59. The fourth-order valence-corrected chi connectivity index (χ4v) is 5.98. The number of carbonyl (C=O) groups excluding carboxylic acids is 2. The molecule has 2 amide bonds. The molecule has 0 radical (unpaired) electrons. The number of halogens is 1. The monoisotopic (exact) mass is 534 g/mol. The second-order valence-electron chi connectivity index (χ2n) is 7.97. The van der Waals surface area contributed by atoms with Crippen LogP contribution in [0.2, 0.25) is 0 Å². The Morgan fingerprint density at radius 1 is 0.909 bits per heavy atom. The van der Waals surface area contributed by atoms with Crippen molar-refractivity contribution in [1.82, 2.24) is 0 Å². The molecule has 1 fully saturated rings. The van der Waals surface area contributed by atoms with E-state index in [1.807, 2.05) is 80.6 Å². The molecule has 33 heavy (non-hydrogen) atoms. The van der Waals surface area contributed by atoms with Gasteiger partial charge in [-0.2, -0.15) is 0 Å². The molecule has 3 aromatic rings. The third-order valence-corrected chi connectivity index (χ3v) is 7.83. The zero-order valence-corrected chi connectivity index (χ0v) is 21.2. The number of nitrogens with zero attached hydrogens (tertiary/aromatic N) is 2. The van der Waals surface area contributed by atoms with Crippen LogP contribution in [-0.2, 0) is 16.1 Å². The maximum absolute atomic E-state index is 13.7. The molecular weight excluding hydrogens is 516 g/mol. The Morgan fingerprint density at radius 2 is 1.64 bits per heavy atom. The number of thioether (sulfide) groups is 1. The van der Waals surface area contributed by atoms with E-state index in [1.54, 1.807) is 9.80 Å². The van der Waals surface area contributed by atoms with Crippen molar-refractivity contribution < 1.29 is 9.59 Å². The molecule has 4 nitrogen and oxygen atoms in total. The summed E-state index contributed by atoms with van der Waals surface area (Å²) in [5, 5.41) is 0. The van der Waals surface area contributed by atoms with Gasteiger partial charge < -0.3 is 4.90 Å². The summed E-state index contributed by atoms with van der Waals surface area (Å²) in [5.41, 5.74) is 5.82. The van der Waals surface area contributed by atoms with E-state index in [4.69, 9.17) is 12.2 Å². The highest BCUT2D eigenvalue weighted by atomic mass is 79.9. The third-order valence-electron chi connectivity index (χ3n) is 5.97. The molecule has 1 saturated heterocycles. The molecule has 0 bridgehead atoms. The normalized spacial score (nSPS) is 17.8. The van der Waals surface area contributed by atoms with Gasteiger partial charge in [0.2, 0.25) is 0 Å². The first-order chi connectivity index (χ1) is 15.9. The summed E-state index contributed by atoms with van der Waals surface area (Å²) < 4.78 is 1.39. The minimum Gasteiger partial charge on any atom is -0.303 e. The van der Waals surface area contributed by atoms with Crippen LogP contribution in [0.25, 0.3) is 5.57 Å². The highest BCUT2D eigenvalue weighted by Crippen LogP contribution is 2.46. The Labute approximate surface area is 210 Å². The van der Waals surface area contributed by atoms with Crippen LogP contribution < -0.4 is 9.80 Å². The summed E-state index contributed by atoms with van der Waals surface area (Å²) in [5.74, 6) is -0.432. The molecule has 0 spiro atoms. The number of thiocarbonyl (C=S) groups is 1. The van der Waals surface area contributed by atoms with Gasteiger partial charge >= 0.3 is 0 Å². The number of amides is 2. The molecule has 2 aliphatic heterocycles. The summed E-state index contributed by atoms with van der Waals surface area (Å²) in [6.07, 6.45) is 0. The summed E-state index contributed by atoms with van der Waals surface area (Å²) in [7, 11) is 0. The summed E-state index contributed by atoms with van der Waals surface area (Å²) >= 11 is 10.3. The van der Waals surface area contributed by atoms with Crippen LogP contribution in [-0.4, -0.2) is 16.1 Å².